The third-order valence-corrected chi connectivity index (χ3v) is 6.63. The maximum atomic E-state index is 13.1. The lowest BCUT2D eigenvalue weighted by molar-refractivity contribution is -0.137. The summed E-state index contributed by atoms with van der Waals surface area (Å²) in [6, 6.07) is 19.8. The van der Waals surface area contributed by atoms with Crippen molar-refractivity contribution in [1.82, 2.24) is 4.90 Å². The van der Waals surface area contributed by atoms with Gasteiger partial charge in [-0.2, -0.15) is 13.2 Å². The first-order valence-corrected chi connectivity index (χ1v) is 11.6. The summed E-state index contributed by atoms with van der Waals surface area (Å²) in [5.41, 5.74) is 4.02. The Bertz CT molecular complexity index is 1320. The number of ether oxygens (including phenoxy) is 1. The summed E-state index contributed by atoms with van der Waals surface area (Å²) in [7, 11) is 1.67. The van der Waals surface area contributed by atoms with Crippen molar-refractivity contribution < 1.29 is 22.3 Å². The smallest absolute Gasteiger partial charge is 0.416 e. The fourth-order valence-electron chi connectivity index (χ4n) is 4.85. The minimum absolute atomic E-state index is 0.609. The molecule has 0 spiro atoms. The standard InChI is InChI=1S/C28H27F3N2O2/c1-19-27(20-7-4-3-5-8-20)24-17-25(34-2)21(15-26(24)35-19)18-32-11-13-33(14-12-32)23-10-6-9-22(16-23)28(29,30)31/h3-10,15-17H,11-14,18H2,1-2H3. The van der Waals surface area contributed by atoms with Crippen LogP contribution >= 0.6 is 0 Å². The molecule has 0 unspecified atom stereocenters. The van der Waals surface area contributed by atoms with Gasteiger partial charge < -0.3 is 14.1 Å². The minimum Gasteiger partial charge on any atom is -0.496 e. The Morgan fingerprint density at radius 3 is 2.34 bits per heavy atom. The van der Waals surface area contributed by atoms with Gasteiger partial charge in [0.2, 0.25) is 0 Å². The zero-order chi connectivity index (χ0) is 24.6. The lowest BCUT2D eigenvalue weighted by Gasteiger charge is -2.36. The molecule has 0 saturated carbocycles. The van der Waals surface area contributed by atoms with Gasteiger partial charge in [0.05, 0.1) is 12.7 Å². The van der Waals surface area contributed by atoms with Gasteiger partial charge in [0.25, 0.3) is 0 Å². The third-order valence-electron chi connectivity index (χ3n) is 6.63. The molecule has 0 bridgehead atoms. The number of hydrogen-bond acceptors (Lipinski definition) is 4. The number of benzene rings is 3. The average Bonchev–Trinajstić information content (AvgIpc) is 3.18. The SMILES string of the molecule is COc1cc2c(-c3ccccc3)c(C)oc2cc1CN1CCN(c2cccc(C(F)(F)F)c2)CC1. The van der Waals surface area contributed by atoms with Crippen LogP contribution in [0, 0.1) is 6.92 Å². The maximum Gasteiger partial charge on any atom is 0.416 e. The van der Waals surface area contributed by atoms with Crippen LogP contribution in [0.2, 0.25) is 0 Å². The number of halogens is 3. The van der Waals surface area contributed by atoms with Crippen molar-refractivity contribution >= 4 is 16.7 Å². The summed E-state index contributed by atoms with van der Waals surface area (Å²) < 4.78 is 51.2. The highest BCUT2D eigenvalue weighted by atomic mass is 19.4. The van der Waals surface area contributed by atoms with Gasteiger partial charge >= 0.3 is 6.18 Å². The highest BCUT2D eigenvalue weighted by molar-refractivity contribution is 5.97. The first kappa shape index (κ1) is 23.3. The molecule has 7 heteroatoms. The van der Waals surface area contributed by atoms with E-state index in [1.54, 1.807) is 13.2 Å². The molecule has 3 aromatic carbocycles. The van der Waals surface area contributed by atoms with E-state index in [0.29, 0.717) is 25.3 Å². The van der Waals surface area contributed by atoms with Gasteiger partial charge in [0.15, 0.2) is 0 Å². The van der Waals surface area contributed by atoms with Gasteiger partial charge in [-0.05, 0) is 42.8 Å². The molecule has 2 heterocycles. The monoisotopic (exact) mass is 480 g/mol. The summed E-state index contributed by atoms with van der Waals surface area (Å²) in [5.74, 6) is 1.66. The van der Waals surface area contributed by atoms with Crippen LogP contribution in [0.1, 0.15) is 16.9 Å². The van der Waals surface area contributed by atoms with E-state index < -0.39 is 11.7 Å². The largest absolute Gasteiger partial charge is 0.496 e. The number of rotatable bonds is 5. The zero-order valence-corrected chi connectivity index (χ0v) is 19.7. The molecule has 5 rings (SSSR count). The van der Waals surface area contributed by atoms with Crippen LogP contribution in [0.25, 0.3) is 22.1 Å². The molecule has 1 aromatic heterocycles. The van der Waals surface area contributed by atoms with E-state index >= 15 is 0 Å². The summed E-state index contributed by atoms with van der Waals surface area (Å²) >= 11 is 0. The number of methoxy groups -OCH3 is 1. The number of piperazine rings is 1. The summed E-state index contributed by atoms with van der Waals surface area (Å²) in [5, 5.41) is 1.02. The Kier molecular flexibility index (Phi) is 6.19. The zero-order valence-electron chi connectivity index (χ0n) is 19.7. The second-order valence-electron chi connectivity index (χ2n) is 8.87. The number of alkyl halides is 3. The van der Waals surface area contributed by atoms with Gasteiger partial charge in [-0.15, -0.1) is 0 Å². The molecule has 0 amide bonds. The van der Waals surface area contributed by atoms with Crippen LogP contribution in [-0.4, -0.2) is 38.2 Å². The normalized spacial score (nSPS) is 15.1. The highest BCUT2D eigenvalue weighted by Gasteiger charge is 2.31. The molecule has 182 valence electrons. The van der Waals surface area contributed by atoms with Gasteiger partial charge in [0.1, 0.15) is 17.1 Å². The number of anilines is 1. The Balaban J connectivity index is 1.33. The van der Waals surface area contributed by atoms with E-state index in [4.69, 9.17) is 9.15 Å². The van der Waals surface area contributed by atoms with Crippen LogP contribution in [-0.2, 0) is 12.7 Å². The van der Waals surface area contributed by atoms with Crippen molar-refractivity contribution in [3.8, 4) is 16.9 Å². The minimum atomic E-state index is -4.34. The summed E-state index contributed by atoms with van der Waals surface area (Å²) in [4.78, 5) is 4.30. The molecule has 0 atom stereocenters. The maximum absolute atomic E-state index is 13.1. The van der Waals surface area contributed by atoms with E-state index in [1.165, 1.54) is 12.1 Å². The topological polar surface area (TPSA) is 28.9 Å². The number of hydrogen-bond donors (Lipinski definition) is 0. The molecule has 1 aliphatic rings. The first-order valence-electron chi connectivity index (χ1n) is 11.6. The summed E-state index contributed by atoms with van der Waals surface area (Å²) in [6.45, 7) is 5.44. The fraction of sp³-hybridized carbons (Fsp3) is 0.286. The fourth-order valence-corrected chi connectivity index (χ4v) is 4.85. The second-order valence-corrected chi connectivity index (χ2v) is 8.87. The Morgan fingerprint density at radius 2 is 1.66 bits per heavy atom. The molecule has 4 nitrogen and oxygen atoms in total. The molecule has 0 N–H and O–H groups in total. The molecule has 1 aliphatic heterocycles. The van der Waals surface area contributed by atoms with E-state index in [-0.39, 0.29) is 0 Å². The predicted octanol–water partition coefficient (Wildman–Crippen LogP) is 6.76. The summed E-state index contributed by atoms with van der Waals surface area (Å²) in [6.07, 6.45) is -4.34. The van der Waals surface area contributed by atoms with Crippen molar-refractivity contribution in [3.05, 3.63) is 83.6 Å². The van der Waals surface area contributed by atoms with Crippen LogP contribution in [0.3, 0.4) is 0 Å². The molecule has 35 heavy (non-hydrogen) atoms. The van der Waals surface area contributed by atoms with Gasteiger partial charge in [-0.3, -0.25) is 4.90 Å². The number of nitrogens with zero attached hydrogens (tertiary/aromatic N) is 2. The van der Waals surface area contributed by atoms with Gasteiger partial charge in [0, 0.05) is 54.9 Å². The van der Waals surface area contributed by atoms with Crippen molar-refractivity contribution in [2.24, 2.45) is 0 Å². The predicted molar refractivity (Wildman–Crippen MR) is 132 cm³/mol. The van der Waals surface area contributed by atoms with Crippen LogP contribution < -0.4 is 9.64 Å². The lowest BCUT2D eigenvalue weighted by Crippen LogP contribution is -2.46. The van der Waals surface area contributed by atoms with Crippen molar-refractivity contribution in [3.63, 3.8) is 0 Å². The molecule has 1 fully saturated rings. The van der Waals surface area contributed by atoms with Crippen molar-refractivity contribution in [2.75, 3.05) is 38.2 Å². The highest BCUT2D eigenvalue weighted by Crippen LogP contribution is 2.38. The van der Waals surface area contributed by atoms with Gasteiger partial charge in [-0.1, -0.05) is 36.4 Å². The molecule has 1 saturated heterocycles. The van der Waals surface area contributed by atoms with Crippen molar-refractivity contribution in [1.29, 1.82) is 0 Å². The molecule has 4 aromatic rings. The van der Waals surface area contributed by atoms with Gasteiger partial charge in [-0.25, -0.2) is 0 Å². The van der Waals surface area contributed by atoms with Crippen LogP contribution in [0.4, 0.5) is 18.9 Å². The Labute approximate surface area is 202 Å². The molecule has 0 aliphatic carbocycles. The quantitative estimate of drug-likeness (QED) is 0.316. The third kappa shape index (κ3) is 4.73. The lowest BCUT2D eigenvalue weighted by atomic mass is 10.0. The van der Waals surface area contributed by atoms with E-state index in [9.17, 15) is 13.2 Å². The van der Waals surface area contributed by atoms with E-state index in [1.807, 2.05) is 42.2 Å². The molecular weight excluding hydrogens is 453 g/mol. The Hall–Kier alpha value is -3.45. The first-order chi connectivity index (χ1) is 16.8. The second kappa shape index (κ2) is 9.30. The number of fused-ring (bicyclic) bond motifs is 1. The number of furan rings is 1. The number of aryl methyl sites for hydroxylation is 1. The van der Waals surface area contributed by atoms with Crippen LogP contribution in [0.15, 0.2) is 71.1 Å². The molecule has 0 radical (unpaired) electrons. The van der Waals surface area contributed by atoms with E-state index in [0.717, 1.165) is 58.3 Å². The van der Waals surface area contributed by atoms with Crippen LogP contribution in [0.5, 0.6) is 5.75 Å². The van der Waals surface area contributed by atoms with Crippen molar-refractivity contribution in [2.45, 2.75) is 19.6 Å². The van der Waals surface area contributed by atoms with E-state index in [2.05, 4.69) is 17.0 Å². The average molecular weight is 481 g/mol. The molecular formula is C28H27F3N2O2. The Morgan fingerprint density at radius 1 is 0.914 bits per heavy atom.